The molecule has 1 heterocycles. The Morgan fingerprint density at radius 2 is 1.89 bits per heavy atom. The highest BCUT2D eigenvalue weighted by molar-refractivity contribution is 5.31. The topological polar surface area (TPSA) is 36.3 Å². The number of likely N-dealkylation sites (tertiary alicyclic amines) is 1. The number of nitrogens with zero attached hydrogens (tertiary/aromatic N) is 2. The molecule has 0 N–H and O–H groups in total. The first kappa shape index (κ1) is 12.9. The van der Waals surface area contributed by atoms with E-state index in [0.717, 1.165) is 30.3 Å². The molecule has 1 saturated heterocycles. The van der Waals surface area contributed by atoms with Crippen LogP contribution in [0, 0.1) is 17.2 Å². The van der Waals surface area contributed by atoms with Crippen molar-refractivity contribution in [3.8, 4) is 11.8 Å². The van der Waals surface area contributed by atoms with Crippen LogP contribution in [0.3, 0.4) is 0 Å². The normalized spacial score (nSPS) is 19.2. The fourth-order valence-corrected chi connectivity index (χ4v) is 2.44. The number of methoxy groups -OCH3 is 1. The molecule has 1 fully saturated rings. The minimum atomic E-state index is -0.122. The summed E-state index contributed by atoms with van der Waals surface area (Å²) in [6, 6.07) is 10.1. The highest BCUT2D eigenvalue weighted by Gasteiger charge is 2.24. The Morgan fingerprint density at radius 3 is 2.39 bits per heavy atom. The van der Waals surface area contributed by atoms with Crippen LogP contribution in [0.15, 0.2) is 24.3 Å². The summed E-state index contributed by atoms with van der Waals surface area (Å²) in [5.74, 6) is 1.62. The number of ether oxygens (including phenoxy) is 1. The van der Waals surface area contributed by atoms with Gasteiger partial charge in [-0.15, -0.1) is 0 Å². The Morgan fingerprint density at radius 1 is 1.28 bits per heavy atom. The molecule has 0 aromatic heterocycles. The van der Waals surface area contributed by atoms with Crippen molar-refractivity contribution in [3.05, 3.63) is 29.8 Å². The third-order valence-electron chi connectivity index (χ3n) is 3.74. The zero-order chi connectivity index (χ0) is 13.0. The van der Waals surface area contributed by atoms with Crippen molar-refractivity contribution in [2.45, 2.75) is 25.8 Å². The average Bonchev–Trinajstić information content (AvgIpc) is 2.42. The first-order valence-electron chi connectivity index (χ1n) is 6.52. The summed E-state index contributed by atoms with van der Waals surface area (Å²) in [7, 11) is 1.66. The third kappa shape index (κ3) is 2.83. The van der Waals surface area contributed by atoms with Crippen molar-refractivity contribution in [3.63, 3.8) is 0 Å². The lowest BCUT2D eigenvalue weighted by molar-refractivity contribution is 0.165. The van der Waals surface area contributed by atoms with Crippen molar-refractivity contribution in [1.29, 1.82) is 5.26 Å². The van der Waals surface area contributed by atoms with Crippen LogP contribution >= 0.6 is 0 Å². The van der Waals surface area contributed by atoms with Crippen molar-refractivity contribution in [2.24, 2.45) is 5.92 Å². The van der Waals surface area contributed by atoms with E-state index < -0.39 is 0 Å². The number of rotatable bonds is 3. The first-order chi connectivity index (χ1) is 8.74. The highest BCUT2D eigenvalue weighted by Crippen LogP contribution is 2.27. The van der Waals surface area contributed by atoms with Crippen LogP contribution < -0.4 is 4.74 Å². The van der Waals surface area contributed by atoms with Crippen LogP contribution in [0.25, 0.3) is 0 Å². The summed E-state index contributed by atoms with van der Waals surface area (Å²) in [5, 5.41) is 9.40. The van der Waals surface area contributed by atoms with Gasteiger partial charge in [0, 0.05) is 0 Å². The van der Waals surface area contributed by atoms with Gasteiger partial charge in [0.15, 0.2) is 0 Å². The minimum Gasteiger partial charge on any atom is -0.497 e. The lowest BCUT2D eigenvalue weighted by atomic mass is 9.96. The molecule has 1 aliphatic heterocycles. The van der Waals surface area contributed by atoms with E-state index in [1.54, 1.807) is 7.11 Å². The zero-order valence-electron chi connectivity index (χ0n) is 11.1. The van der Waals surface area contributed by atoms with Crippen molar-refractivity contribution >= 4 is 0 Å². The molecule has 0 aliphatic carbocycles. The molecule has 3 heteroatoms. The van der Waals surface area contributed by atoms with Gasteiger partial charge in [0.05, 0.1) is 13.2 Å². The summed E-state index contributed by atoms with van der Waals surface area (Å²) < 4.78 is 5.15. The number of piperidine rings is 1. The average molecular weight is 244 g/mol. The summed E-state index contributed by atoms with van der Waals surface area (Å²) in [6.07, 6.45) is 2.38. The molecule has 3 nitrogen and oxygen atoms in total. The summed E-state index contributed by atoms with van der Waals surface area (Å²) >= 11 is 0. The number of hydrogen-bond acceptors (Lipinski definition) is 3. The number of benzene rings is 1. The van der Waals surface area contributed by atoms with E-state index in [2.05, 4.69) is 17.9 Å². The van der Waals surface area contributed by atoms with Gasteiger partial charge in [0.2, 0.25) is 0 Å². The molecular formula is C15H20N2O. The van der Waals surface area contributed by atoms with Crippen molar-refractivity contribution in [2.75, 3.05) is 20.2 Å². The second-order valence-electron chi connectivity index (χ2n) is 5.02. The Bertz CT molecular complexity index is 413. The van der Waals surface area contributed by atoms with Gasteiger partial charge in [0.1, 0.15) is 11.8 Å². The van der Waals surface area contributed by atoms with E-state index in [1.165, 1.54) is 12.8 Å². The Hall–Kier alpha value is -1.53. The molecule has 1 atom stereocenters. The SMILES string of the molecule is COc1ccc(C(C#N)N2CCC(C)CC2)cc1. The second-order valence-corrected chi connectivity index (χ2v) is 5.02. The van der Waals surface area contributed by atoms with Gasteiger partial charge >= 0.3 is 0 Å². The molecule has 96 valence electrons. The van der Waals surface area contributed by atoms with Gasteiger partial charge in [-0.3, -0.25) is 4.90 Å². The quantitative estimate of drug-likeness (QED) is 0.820. The Kier molecular flexibility index (Phi) is 4.22. The summed E-state index contributed by atoms with van der Waals surface area (Å²) in [5.41, 5.74) is 1.06. The van der Waals surface area contributed by atoms with Crippen LogP contribution in [-0.2, 0) is 0 Å². The predicted octanol–water partition coefficient (Wildman–Crippen LogP) is 2.99. The maximum atomic E-state index is 9.40. The van der Waals surface area contributed by atoms with Gasteiger partial charge in [-0.05, 0) is 49.5 Å². The van der Waals surface area contributed by atoms with Crippen molar-refractivity contribution < 1.29 is 4.74 Å². The number of nitriles is 1. The largest absolute Gasteiger partial charge is 0.497 e. The Labute approximate surface area is 109 Å². The predicted molar refractivity (Wildman–Crippen MR) is 71.3 cm³/mol. The second kappa shape index (κ2) is 5.88. The lowest BCUT2D eigenvalue weighted by Crippen LogP contribution is -2.35. The molecule has 1 aromatic carbocycles. The zero-order valence-corrected chi connectivity index (χ0v) is 11.1. The molecule has 1 aromatic rings. The van der Waals surface area contributed by atoms with E-state index >= 15 is 0 Å². The van der Waals surface area contributed by atoms with E-state index in [4.69, 9.17) is 4.74 Å². The Balaban J connectivity index is 2.10. The first-order valence-corrected chi connectivity index (χ1v) is 6.52. The van der Waals surface area contributed by atoms with Gasteiger partial charge in [-0.1, -0.05) is 19.1 Å². The molecule has 1 aliphatic rings. The van der Waals surface area contributed by atoms with Gasteiger partial charge in [-0.2, -0.15) is 5.26 Å². The standard InChI is InChI=1S/C15H20N2O/c1-12-7-9-17(10-8-12)15(11-16)13-3-5-14(18-2)6-4-13/h3-6,12,15H,7-10H2,1-2H3. The van der Waals surface area contributed by atoms with Crippen LogP contribution in [-0.4, -0.2) is 25.1 Å². The van der Waals surface area contributed by atoms with Crippen LogP contribution in [0.4, 0.5) is 0 Å². The third-order valence-corrected chi connectivity index (χ3v) is 3.74. The van der Waals surface area contributed by atoms with Crippen LogP contribution in [0.5, 0.6) is 5.75 Å². The molecule has 0 radical (unpaired) electrons. The molecule has 0 bridgehead atoms. The summed E-state index contributed by atoms with van der Waals surface area (Å²) in [6.45, 7) is 4.32. The lowest BCUT2D eigenvalue weighted by Gasteiger charge is -2.33. The monoisotopic (exact) mass is 244 g/mol. The van der Waals surface area contributed by atoms with E-state index in [1.807, 2.05) is 24.3 Å². The smallest absolute Gasteiger partial charge is 0.123 e. The molecule has 18 heavy (non-hydrogen) atoms. The van der Waals surface area contributed by atoms with Gasteiger partial charge < -0.3 is 4.74 Å². The minimum absolute atomic E-state index is 0.122. The number of hydrogen-bond donors (Lipinski definition) is 0. The molecule has 0 spiro atoms. The van der Waals surface area contributed by atoms with Crippen molar-refractivity contribution in [1.82, 2.24) is 4.90 Å². The molecule has 1 unspecified atom stereocenters. The van der Waals surface area contributed by atoms with E-state index in [0.29, 0.717) is 0 Å². The maximum absolute atomic E-state index is 9.40. The van der Waals surface area contributed by atoms with Gasteiger partial charge in [0.25, 0.3) is 0 Å². The van der Waals surface area contributed by atoms with Gasteiger partial charge in [-0.25, -0.2) is 0 Å². The molecular weight excluding hydrogens is 224 g/mol. The van der Waals surface area contributed by atoms with Crippen LogP contribution in [0.2, 0.25) is 0 Å². The molecule has 2 rings (SSSR count). The fourth-order valence-electron chi connectivity index (χ4n) is 2.44. The molecule has 0 saturated carbocycles. The van der Waals surface area contributed by atoms with E-state index in [-0.39, 0.29) is 6.04 Å². The van der Waals surface area contributed by atoms with E-state index in [9.17, 15) is 5.26 Å². The summed E-state index contributed by atoms with van der Waals surface area (Å²) in [4.78, 5) is 2.28. The fraction of sp³-hybridized carbons (Fsp3) is 0.533. The highest BCUT2D eigenvalue weighted by atomic mass is 16.5. The van der Waals surface area contributed by atoms with Crippen LogP contribution in [0.1, 0.15) is 31.4 Å². The maximum Gasteiger partial charge on any atom is 0.123 e. The molecule has 0 amide bonds.